The lowest BCUT2D eigenvalue weighted by atomic mass is 9.89. The largest absolute Gasteiger partial charge is 0.456 e. The molecule has 7 nitrogen and oxygen atoms in total. The zero-order valence-electron chi connectivity index (χ0n) is 22.4. The lowest BCUT2D eigenvalue weighted by molar-refractivity contribution is 0.150. The number of benzene rings is 3. The number of sulfonamides is 1. The molecule has 1 unspecified atom stereocenters. The molecule has 1 saturated heterocycles. The normalized spacial score (nSPS) is 17.3. The van der Waals surface area contributed by atoms with Gasteiger partial charge < -0.3 is 13.8 Å². The fraction of sp³-hybridized carbons (Fsp3) is 0.310. The van der Waals surface area contributed by atoms with Crippen molar-refractivity contribution in [2.45, 2.75) is 29.9 Å². The van der Waals surface area contributed by atoms with Crippen LogP contribution in [0.3, 0.4) is 0 Å². The number of anilines is 1. The third-order valence-electron chi connectivity index (χ3n) is 7.42. The van der Waals surface area contributed by atoms with Gasteiger partial charge in [-0.1, -0.05) is 11.9 Å². The molecule has 4 aromatic rings. The fourth-order valence-electron chi connectivity index (χ4n) is 5.27. The molecule has 212 valence electrons. The highest BCUT2D eigenvalue weighted by Gasteiger charge is 2.33. The molecule has 3 aromatic carbocycles. The number of aliphatic hydroxyl groups excluding tert-OH is 1. The average Bonchev–Trinajstić information content (AvgIpc) is 3.34. The molecule has 0 saturated carbocycles. The molecule has 0 bridgehead atoms. The fourth-order valence-corrected chi connectivity index (χ4v) is 7.15. The molecule has 2 heterocycles. The molecule has 0 amide bonds. The molecule has 1 aliphatic heterocycles. The van der Waals surface area contributed by atoms with Crippen LogP contribution in [-0.2, 0) is 10.0 Å². The maximum atomic E-state index is 13.6. The van der Waals surface area contributed by atoms with Gasteiger partial charge in [-0.3, -0.25) is 5.32 Å². The van der Waals surface area contributed by atoms with E-state index in [1.807, 2.05) is 29.7 Å². The van der Waals surface area contributed by atoms with Gasteiger partial charge in [0.2, 0.25) is 10.0 Å². The first-order valence-electron chi connectivity index (χ1n) is 12.9. The molecule has 0 aliphatic carbocycles. The summed E-state index contributed by atoms with van der Waals surface area (Å²) in [6.45, 7) is 0.628. The zero-order valence-corrected chi connectivity index (χ0v) is 24.0. The Morgan fingerprint density at radius 3 is 2.38 bits per heavy atom. The third-order valence-corrected chi connectivity index (χ3v) is 10.0. The first-order chi connectivity index (χ1) is 19.1. The van der Waals surface area contributed by atoms with E-state index in [4.69, 9.17) is 4.42 Å². The minimum absolute atomic E-state index is 0.0599. The molecule has 11 heteroatoms. The molecule has 2 atom stereocenters. The zero-order chi connectivity index (χ0) is 28.6. The highest BCUT2D eigenvalue weighted by Crippen LogP contribution is 2.44. The van der Waals surface area contributed by atoms with Gasteiger partial charge in [-0.05, 0) is 86.0 Å². The van der Waals surface area contributed by atoms with Crippen molar-refractivity contribution in [3.63, 3.8) is 0 Å². The summed E-state index contributed by atoms with van der Waals surface area (Å²) in [6.07, 6.45) is 2.31. The van der Waals surface area contributed by atoms with Crippen LogP contribution in [0, 0.1) is 11.6 Å². The SMILES string of the molecule is CNC(O)c1c(-c2ccc(F)cc2)oc2cc(N(C)SC)c([C@H]3CCCN(S(=O)(=O)c4ccc(F)cc4)C3)cc12. The van der Waals surface area contributed by atoms with E-state index in [-0.39, 0.29) is 23.2 Å². The van der Waals surface area contributed by atoms with Crippen LogP contribution < -0.4 is 9.62 Å². The first-order valence-corrected chi connectivity index (χ1v) is 15.5. The van der Waals surface area contributed by atoms with E-state index in [9.17, 15) is 22.3 Å². The Kier molecular flexibility index (Phi) is 8.21. The molecular weight excluding hydrogens is 556 g/mol. The van der Waals surface area contributed by atoms with Crippen molar-refractivity contribution in [2.24, 2.45) is 0 Å². The summed E-state index contributed by atoms with van der Waals surface area (Å²) in [4.78, 5) is 0.0599. The molecule has 40 heavy (non-hydrogen) atoms. The highest BCUT2D eigenvalue weighted by molar-refractivity contribution is 7.99. The van der Waals surface area contributed by atoms with E-state index in [1.165, 1.54) is 40.5 Å². The molecular formula is C29H31F2N3O4S2. The minimum Gasteiger partial charge on any atom is -0.456 e. The Balaban J connectivity index is 1.62. The summed E-state index contributed by atoms with van der Waals surface area (Å²) in [5, 5.41) is 14.5. The van der Waals surface area contributed by atoms with Gasteiger partial charge in [0.15, 0.2) is 0 Å². The van der Waals surface area contributed by atoms with Crippen molar-refractivity contribution in [2.75, 3.05) is 37.7 Å². The summed E-state index contributed by atoms with van der Waals surface area (Å²) < 4.78 is 63.7. The molecule has 0 spiro atoms. The van der Waals surface area contributed by atoms with Crippen molar-refractivity contribution in [3.8, 4) is 11.3 Å². The Labute approximate surface area is 237 Å². The van der Waals surface area contributed by atoms with Crippen molar-refractivity contribution >= 4 is 38.6 Å². The maximum absolute atomic E-state index is 13.6. The number of furan rings is 1. The number of aliphatic hydroxyl groups is 1. The van der Waals surface area contributed by atoms with Crippen LogP contribution in [0.1, 0.15) is 36.1 Å². The number of hydrogen-bond donors (Lipinski definition) is 2. The Morgan fingerprint density at radius 2 is 1.75 bits per heavy atom. The topological polar surface area (TPSA) is 86.0 Å². The number of nitrogens with one attached hydrogen (secondary N) is 1. The van der Waals surface area contributed by atoms with Crippen LogP contribution in [0.2, 0.25) is 0 Å². The van der Waals surface area contributed by atoms with E-state index < -0.39 is 22.1 Å². The van der Waals surface area contributed by atoms with Crippen molar-refractivity contribution in [1.29, 1.82) is 0 Å². The van der Waals surface area contributed by atoms with Gasteiger partial charge in [0, 0.05) is 49.0 Å². The number of halogens is 2. The van der Waals surface area contributed by atoms with Gasteiger partial charge in [0.05, 0.1) is 10.6 Å². The van der Waals surface area contributed by atoms with E-state index in [2.05, 4.69) is 5.32 Å². The molecule has 5 rings (SSSR count). The predicted molar refractivity (Wildman–Crippen MR) is 155 cm³/mol. The quantitative estimate of drug-likeness (QED) is 0.197. The standard InChI is InChI=1S/C29H31F2N3O4S2/c1-32-29(35)27-24-15-23(19-5-4-14-34(17-19)40(36,37)22-12-10-21(31)11-13-22)25(33(2)39-3)16-26(24)38-28(27)18-6-8-20(30)9-7-18/h6-13,15-16,19,29,32,35H,4-5,14,17H2,1-3H3/t19-,29?/m0/s1. The van der Waals surface area contributed by atoms with E-state index in [0.717, 1.165) is 29.8 Å². The number of nitrogens with zero attached hydrogens (tertiary/aromatic N) is 2. The number of hydrogen-bond acceptors (Lipinski definition) is 7. The van der Waals surface area contributed by atoms with Crippen molar-refractivity contribution < 1.29 is 26.7 Å². The van der Waals surface area contributed by atoms with Crippen molar-refractivity contribution in [1.82, 2.24) is 9.62 Å². The summed E-state index contributed by atoms with van der Waals surface area (Å²) in [5.74, 6) is -0.579. The molecule has 1 fully saturated rings. The van der Waals surface area contributed by atoms with E-state index >= 15 is 0 Å². The second-order valence-electron chi connectivity index (χ2n) is 9.79. The summed E-state index contributed by atoms with van der Waals surface area (Å²) in [7, 11) is -0.251. The highest BCUT2D eigenvalue weighted by atomic mass is 32.2. The Bertz CT molecular complexity index is 1610. The van der Waals surface area contributed by atoms with Gasteiger partial charge >= 0.3 is 0 Å². The smallest absolute Gasteiger partial charge is 0.243 e. The third kappa shape index (κ3) is 5.36. The molecule has 0 radical (unpaired) electrons. The summed E-state index contributed by atoms with van der Waals surface area (Å²) in [5.41, 5.74) is 3.50. The van der Waals surface area contributed by atoms with Crippen LogP contribution >= 0.6 is 11.9 Å². The monoisotopic (exact) mass is 587 g/mol. The Hall–Kier alpha value is -2.96. The second-order valence-corrected chi connectivity index (χ2v) is 12.6. The van der Waals surface area contributed by atoms with Gasteiger partial charge in [-0.25, -0.2) is 17.2 Å². The number of piperidine rings is 1. The maximum Gasteiger partial charge on any atom is 0.243 e. The van der Waals surface area contributed by atoms with Gasteiger partial charge in [-0.2, -0.15) is 4.31 Å². The lowest BCUT2D eigenvalue weighted by Gasteiger charge is -2.34. The predicted octanol–water partition coefficient (Wildman–Crippen LogP) is 5.87. The van der Waals surface area contributed by atoms with Gasteiger partial charge in [0.1, 0.15) is 29.2 Å². The minimum atomic E-state index is -3.81. The summed E-state index contributed by atoms with van der Waals surface area (Å²) >= 11 is 1.51. The number of rotatable bonds is 8. The van der Waals surface area contributed by atoms with Crippen LogP contribution in [-0.4, -0.2) is 51.3 Å². The van der Waals surface area contributed by atoms with Crippen LogP contribution in [0.4, 0.5) is 14.5 Å². The van der Waals surface area contributed by atoms with Crippen LogP contribution in [0.25, 0.3) is 22.3 Å². The number of fused-ring (bicyclic) bond motifs is 1. The summed E-state index contributed by atoms with van der Waals surface area (Å²) in [6, 6.07) is 14.7. The van der Waals surface area contributed by atoms with Gasteiger partial charge in [-0.15, -0.1) is 0 Å². The van der Waals surface area contributed by atoms with Crippen LogP contribution in [0.15, 0.2) is 70.0 Å². The average molecular weight is 588 g/mol. The second kappa shape index (κ2) is 11.5. The van der Waals surface area contributed by atoms with E-state index in [0.29, 0.717) is 40.8 Å². The van der Waals surface area contributed by atoms with Crippen molar-refractivity contribution in [3.05, 3.63) is 83.4 Å². The van der Waals surface area contributed by atoms with E-state index in [1.54, 1.807) is 19.2 Å². The Morgan fingerprint density at radius 1 is 1.10 bits per heavy atom. The first kappa shape index (κ1) is 28.6. The molecule has 1 aromatic heterocycles. The molecule has 1 aliphatic rings. The van der Waals surface area contributed by atoms with Crippen LogP contribution in [0.5, 0.6) is 0 Å². The van der Waals surface area contributed by atoms with Gasteiger partial charge in [0.25, 0.3) is 0 Å². The molecule has 2 N–H and O–H groups in total. The lowest BCUT2D eigenvalue weighted by Crippen LogP contribution is -2.39.